The molecule has 1 aromatic heterocycles. The van der Waals surface area contributed by atoms with Gasteiger partial charge in [0.2, 0.25) is 5.91 Å². The highest BCUT2D eigenvalue weighted by Gasteiger charge is 2.11. The molecule has 0 unspecified atom stereocenters. The molecular formula is C14H14BrN3O2. The Labute approximate surface area is 125 Å². The lowest BCUT2D eigenvalue weighted by Crippen LogP contribution is -2.15. The molecule has 0 saturated carbocycles. The lowest BCUT2D eigenvalue weighted by atomic mass is 10.2. The van der Waals surface area contributed by atoms with Crippen LogP contribution in [0.3, 0.4) is 0 Å². The molecule has 2 amide bonds. The maximum Gasteiger partial charge on any atom is 0.272 e. The number of hydrogen-bond acceptors (Lipinski definition) is 2. The summed E-state index contributed by atoms with van der Waals surface area (Å²) in [5, 5.41) is 5.46. The van der Waals surface area contributed by atoms with Crippen molar-refractivity contribution in [2.75, 3.05) is 10.6 Å². The van der Waals surface area contributed by atoms with Crippen molar-refractivity contribution in [3.05, 3.63) is 46.7 Å². The molecule has 0 saturated heterocycles. The largest absolute Gasteiger partial charge is 0.345 e. The normalized spacial score (nSPS) is 10.2. The maximum absolute atomic E-state index is 12.1. The van der Waals surface area contributed by atoms with Gasteiger partial charge in [0.25, 0.3) is 5.91 Å². The first-order valence-electron chi connectivity index (χ1n) is 5.96. The molecule has 0 radical (unpaired) electrons. The summed E-state index contributed by atoms with van der Waals surface area (Å²) >= 11 is 3.33. The zero-order chi connectivity index (χ0) is 14.7. The average molecular weight is 336 g/mol. The molecule has 0 spiro atoms. The van der Waals surface area contributed by atoms with Gasteiger partial charge in [0.05, 0.1) is 0 Å². The van der Waals surface area contributed by atoms with Crippen LogP contribution in [0.2, 0.25) is 0 Å². The topological polar surface area (TPSA) is 63.1 Å². The van der Waals surface area contributed by atoms with Crippen LogP contribution in [0.5, 0.6) is 0 Å². The molecule has 2 rings (SSSR count). The van der Waals surface area contributed by atoms with Gasteiger partial charge >= 0.3 is 0 Å². The molecule has 20 heavy (non-hydrogen) atoms. The summed E-state index contributed by atoms with van der Waals surface area (Å²) in [6.07, 6.45) is 1.81. The summed E-state index contributed by atoms with van der Waals surface area (Å²) in [6.45, 7) is 1.44. The summed E-state index contributed by atoms with van der Waals surface area (Å²) in [5.74, 6) is -0.363. The Morgan fingerprint density at radius 1 is 1.15 bits per heavy atom. The minimum atomic E-state index is -0.210. The van der Waals surface area contributed by atoms with Crippen LogP contribution in [0.1, 0.15) is 17.4 Å². The van der Waals surface area contributed by atoms with Gasteiger partial charge in [-0.05, 0) is 40.2 Å². The van der Waals surface area contributed by atoms with Crippen LogP contribution < -0.4 is 10.6 Å². The predicted octanol–water partition coefficient (Wildman–Crippen LogP) is 3.00. The Morgan fingerprint density at radius 2 is 1.80 bits per heavy atom. The molecule has 0 aliphatic carbocycles. The summed E-state index contributed by atoms with van der Waals surface area (Å²) < 4.78 is 2.58. The highest BCUT2D eigenvalue weighted by Crippen LogP contribution is 2.18. The highest BCUT2D eigenvalue weighted by molar-refractivity contribution is 9.10. The molecular weight excluding hydrogens is 322 g/mol. The third-order valence-electron chi connectivity index (χ3n) is 2.65. The van der Waals surface area contributed by atoms with Crippen molar-refractivity contribution < 1.29 is 9.59 Å². The van der Waals surface area contributed by atoms with E-state index in [1.54, 1.807) is 41.9 Å². The molecule has 1 heterocycles. The Kier molecular flexibility index (Phi) is 4.24. The third-order valence-corrected chi connectivity index (χ3v) is 3.08. The van der Waals surface area contributed by atoms with E-state index in [0.717, 1.165) is 4.47 Å². The molecule has 104 valence electrons. The minimum absolute atomic E-state index is 0.153. The summed E-state index contributed by atoms with van der Waals surface area (Å²) in [6, 6.07) is 8.74. The van der Waals surface area contributed by atoms with Crippen LogP contribution in [0.25, 0.3) is 0 Å². The third kappa shape index (κ3) is 3.48. The Bertz CT molecular complexity index is 664. The van der Waals surface area contributed by atoms with Crippen molar-refractivity contribution in [3.8, 4) is 0 Å². The predicted molar refractivity (Wildman–Crippen MR) is 81.8 cm³/mol. The van der Waals surface area contributed by atoms with Crippen LogP contribution >= 0.6 is 15.9 Å². The fourth-order valence-corrected chi connectivity index (χ4v) is 2.35. The number of aryl methyl sites for hydroxylation is 1. The molecule has 6 heteroatoms. The van der Waals surface area contributed by atoms with Gasteiger partial charge in [-0.25, -0.2) is 0 Å². The van der Waals surface area contributed by atoms with Crippen LogP contribution in [0, 0.1) is 0 Å². The van der Waals surface area contributed by atoms with Gasteiger partial charge in [0.15, 0.2) is 0 Å². The summed E-state index contributed by atoms with van der Waals surface area (Å²) in [7, 11) is 1.80. The van der Waals surface area contributed by atoms with E-state index in [0.29, 0.717) is 17.1 Å². The van der Waals surface area contributed by atoms with E-state index in [4.69, 9.17) is 0 Å². The van der Waals surface area contributed by atoms with Crippen LogP contribution in [0.15, 0.2) is 41.0 Å². The second kappa shape index (κ2) is 5.92. The van der Waals surface area contributed by atoms with E-state index in [1.807, 2.05) is 6.20 Å². The summed E-state index contributed by atoms with van der Waals surface area (Å²) in [5.41, 5.74) is 1.81. The fraction of sp³-hybridized carbons (Fsp3) is 0.143. The van der Waals surface area contributed by atoms with Gasteiger partial charge in [0.1, 0.15) is 5.69 Å². The minimum Gasteiger partial charge on any atom is -0.345 e. The van der Waals surface area contributed by atoms with Gasteiger partial charge < -0.3 is 15.2 Å². The first-order valence-corrected chi connectivity index (χ1v) is 6.76. The monoisotopic (exact) mass is 335 g/mol. The number of carbonyl (C=O) groups is 2. The van der Waals surface area contributed by atoms with Crippen molar-refractivity contribution in [2.24, 2.45) is 7.05 Å². The molecule has 2 N–H and O–H groups in total. The molecule has 0 aliphatic rings. The van der Waals surface area contributed by atoms with Gasteiger partial charge in [0, 0.05) is 36.0 Å². The molecule has 2 aromatic rings. The molecule has 0 atom stereocenters. The standard InChI is InChI=1S/C14H14BrN3O2/c1-9(19)16-11-4-3-5-12(7-11)17-14(20)13-6-10(15)8-18(13)2/h3-8H,1-2H3,(H,16,19)(H,17,20). The van der Waals surface area contributed by atoms with E-state index in [1.165, 1.54) is 6.92 Å². The van der Waals surface area contributed by atoms with Gasteiger partial charge in [-0.1, -0.05) is 6.07 Å². The zero-order valence-corrected chi connectivity index (χ0v) is 12.7. The van der Waals surface area contributed by atoms with E-state index in [-0.39, 0.29) is 11.8 Å². The van der Waals surface area contributed by atoms with Gasteiger partial charge in [-0.15, -0.1) is 0 Å². The summed E-state index contributed by atoms with van der Waals surface area (Å²) in [4.78, 5) is 23.2. The molecule has 0 bridgehead atoms. The van der Waals surface area contributed by atoms with Crippen molar-refractivity contribution in [3.63, 3.8) is 0 Å². The van der Waals surface area contributed by atoms with Gasteiger partial charge in [-0.2, -0.15) is 0 Å². The SMILES string of the molecule is CC(=O)Nc1cccc(NC(=O)c2cc(Br)cn2C)c1. The van der Waals surface area contributed by atoms with Gasteiger partial charge in [-0.3, -0.25) is 9.59 Å². The Hall–Kier alpha value is -2.08. The lowest BCUT2D eigenvalue weighted by Gasteiger charge is -2.08. The van der Waals surface area contributed by atoms with Crippen LogP contribution in [-0.2, 0) is 11.8 Å². The number of amides is 2. The smallest absolute Gasteiger partial charge is 0.272 e. The van der Waals surface area contributed by atoms with E-state index in [9.17, 15) is 9.59 Å². The van der Waals surface area contributed by atoms with E-state index in [2.05, 4.69) is 26.6 Å². The molecule has 0 fully saturated rings. The van der Waals surface area contributed by atoms with E-state index >= 15 is 0 Å². The number of benzene rings is 1. The molecule has 1 aromatic carbocycles. The molecule has 5 nitrogen and oxygen atoms in total. The second-order valence-corrected chi connectivity index (χ2v) is 5.29. The average Bonchev–Trinajstić information content (AvgIpc) is 2.68. The van der Waals surface area contributed by atoms with Crippen molar-refractivity contribution in [2.45, 2.75) is 6.92 Å². The fourth-order valence-electron chi connectivity index (χ4n) is 1.82. The Morgan fingerprint density at radius 3 is 2.35 bits per heavy atom. The van der Waals surface area contributed by atoms with Crippen molar-refractivity contribution >= 4 is 39.1 Å². The van der Waals surface area contributed by atoms with Crippen LogP contribution in [-0.4, -0.2) is 16.4 Å². The first-order chi connectivity index (χ1) is 9.45. The number of aromatic nitrogens is 1. The number of anilines is 2. The number of nitrogens with one attached hydrogen (secondary N) is 2. The number of carbonyl (C=O) groups excluding carboxylic acids is 2. The Balaban J connectivity index is 2.15. The second-order valence-electron chi connectivity index (χ2n) is 4.37. The quantitative estimate of drug-likeness (QED) is 0.905. The van der Waals surface area contributed by atoms with E-state index < -0.39 is 0 Å². The number of rotatable bonds is 3. The number of halogens is 1. The maximum atomic E-state index is 12.1. The lowest BCUT2D eigenvalue weighted by molar-refractivity contribution is -0.114. The molecule has 0 aliphatic heterocycles. The zero-order valence-electron chi connectivity index (χ0n) is 11.1. The highest BCUT2D eigenvalue weighted by atomic mass is 79.9. The number of hydrogen-bond donors (Lipinski definition) is 2. The number of nitrogens with zero attached hydrogens (tertiary/aromatic N) is 1. The van der Waals surface area contributed by atoms with Crippen molar-refractivity contribution in [1.82, 2.24) is 4.57 Å². The van der Waals surface area contributed by atoms with Crippen LogP contribution in [0.4, 0.5) is 11.4 Å². The van der Waals surface area contributed by atoms with Crippen molar-refractivity contribution in [1.29, 1.82) is 0 Å². The first kappa shape index (κ1) is 14.3.